The summed E-state index contributed by atoms with van der Waals surface area (Å²) in [4.78, 5) is 16.7. The topological polar surface area (TPSA) is 67.9 Å². The van der Waals surface area contributed by atoms with E-state index in [1.807, 2.05) is 22.6 Å². The van der Waals surface area contributed by atoms with Crippen LogP contribution >= 0.6 is 38.5 Å². The van der Waals surface area contributed by atoms with E-state index in [9.17, 15) is 10.1 Å². The minimum absolute atomic E-state index is 0.520. The Balaban J connectivity index is 2.95. The molecule has 0 aliphatic carbocycles. The molecule has 1 atom stereocenters. The van der Waals surface area contributed by atoms with Crippen LogP contribution in [0.3, 0.4) is 0 Å². The average Bonchev–Trinajstić information content (AvgIpc) is 2.13. The molecule has 5 nitrogen and oxygen atoms in total. The summed E-state index contributed by atoms with van der Waals surface area (Å²) in [6.45, 7) is 0. The van der Waals surface area contributed by atoms with Crippen molar-refractivity contribution in [1.29, 1.82) is 0 Å². The normalized spacial score (nSPS) is 30.4. The second kappa shape index (κ2) is 2.53. The van der Waals surface area contributed by atoms with Crippen LogP contribution in [0.15, 0.2) is 9.98 Å². The van der Waals surface area contributed by atoms with Gasteiger partial charge in [-0.25, -0.2) is 0 Å². The van der Waals surface area contributed by atoms with Crippen LogP contribution in [0.2, 0.25) is 0 Å². The molecule has 0 aromatic carbocycles. The van der Waals surface area contributed by atoms with Gasteiger partial charge in [0.25, 0.3) is 0 Å². The Bertz CT molecular complexity index is 240. The van der Waals surface area contributed by atoms with Crippen molar-refractivity contribution < 1.29 is 4.92 Å². The Morgan fingerprint density at radius 1 is 1.90 bits per heavy atom. The van der Waals surface area contributed by atoms with E-state index >= 15 is 0 Å². The molecule has 0 amide bonds. The first-order chi connectivity index (χ1) is 4.54. The van der Waals surface area contributed by atoms with E-state index in [1.165, 1.54) is 6.21 Å². The van der Waals surface area contributed by atoms with Gasteiger partial charge in [-0.3, -0.25) is 10.1 Å². The van der Waals surface area contributed by atoms with Crippen molar-refractivity contribution in [2.45, 2.75) is 4.70 Å². The van der Waals surface area contributed by atoms with Crippen molar-refractivity contribution in [3.05, 3.63) is 10.1 Å². The molecule has 0 aromatic rings. The predicted molar refractivity (Wildman–Crippen MR) is 48.6 cm³/mol. The van der Waals surface area contributed by atoms with E-state index in [1.54, 1.807) is 0 Å². The molecule has 0 spiro atoms. The van der Waals surface area contributed by atoms with Crippen molar-refractivity contribution in [1.82, 2.24) is 0 Å². The number of hydrogen-bond acceptors (Lipinski definition) is 4. The largest absolute Gasteiger partial charge is 0.469 e. The highest BCUT2D eigenvalue weighted by atomic mass is 127. The number of aliphatic imine (C=N–C) groups is 2. The number of halogens is 2. The summed E-state index contributed by atoms with van der Waals surface area (Å²) in [7, 11) is 0. The molecule has 7 heteroatoms. The summed E-state index contributed by atoms with van der Waals surface area (Å²) in [5, 5.41) is 10.2. The van der Waals surface area contributed by atoms with Crippen LogP contribution in [-0.4, -0.2) is 19.6 Å². The zero-order valence-corrected chi connectivity index (χ0v) is 8.23. The van der Waals surface area contributed by atoms with Gasteiger partial charge in [0.2, 0.25) is 0 Å². The SMILES string of the molecule is O=[N+]([O-])C1(Br)N=CC(I)=N1. The molecule has 1 aliphatic rings. The van der Waals surface area contributed by atoms with E-state index in [4.69, 9.17) is 0 Å². The molecule has 0 saturated heterocycles. The summed E-state index contributed by atoms with van der Waals surface area (Å²) in [5.41, 5.74) is 0. The van der Waals surface area contributed by atoms with Gasteiger partial charge in [-0.15, -0.1) is 0 Å². The molecule has 1 rings (SSSR count). The smallest absolute Gasteiger partial charge is 0.260 e. The summed E-state index contributed by atoms with van der Waals surface area (Å²) >= 11 is 4.62. The molecule has 54 valence electrons. The number of rotatable bonds is 1. The summed E-state index contributed by atoms with van der Waals surface area (Å²) in [5.74, 6) is 0. The fourth-order valence-corrected chi connectivity index (χ4v) is 1.52. The van der Waals surface area contributed by atoms with Crippen molar-refractivity contribution in [2.75, 3.05) is 0 Å². The molecule has 0 radical (unpaired) electrons. The molecule has 1 aliphatic heterocycles. The molecule has 0 saturated carbocycles. The first-order valence-corrected chi connectivity index (χ1v) is 4.06. The lowest BCUT2D eigenvalue weighted by Crippen LogP contribution is -2.23. The third-order valence-corrected chi connectivity index (χ3v) is 2.01. The Morgan fingerprint density at radius 3 is 2.70 bits per heavy atom. The molecular weight excluding hydrogens is 317 g/mol. The van der Waals surface area contributed by atoms with Crippen LogP contribution in [-0.2, 0) is 0 Å². The van der Waals surface area contributed by atoms with Crippen LogP contribution < -0.4 is 0 Å². The maximum absolute atomic E-state index is 10.2. The minimum Gasteiger partial charge on any atom is -0.260 e. The Kier molecular flexibility index (Phi) is 2.04. The number of nitro groups is 1. The summed E-state index contributed by atoms with van der Waals surface area (Å²) in [6.07, 6.45) is 1.35. The van der Waals surface area contributed by atoms with Crippen molar-refractivity contribution >= 4 is 48.5 Å². The van der Waals surface area contributed by atoms with Crippen LogP contribution in [0, 0.1) is 10.1 Å². The number of alkyl halides is 1. The average molecular weight is 318 g/mol. The predicted octanol–water partition coefficient (Wildman–Crippen LogP) is 1.19. The lowest BCUT2D eigenvalue weighted by molar-refractivity contribution is -0.530. The van der Waals surface area contributed by atoms with Gasteiger partial charge in [0.15, 0.2) is 0 Å². The van der Waals surface area contributed by atoms with E-state index in [-0.39, 0.29) is 0 Å². The highest BCUT2D eigenvalue weighted by Gasteiger charge is 2.41. The third kappa shape index (κ3) is 1.34. The Labute approximate surface area is 78.0 Å². The van der Waals surface area contributed by atoms with Crippen LogP contribution in [0.1, 0.15) is 0 Å². The van der Waals surface area contributed by atoms with Crippen LogP contribution in [0.4, 0.5) is 0 Å². The van der Waals surface area contributed by atoms with Gasteiger partial charge in [-0.2, -0.15) is 9.98 Å². The monoisotopic (exact) mass is 317 g/mol. The van der Waals surface area contributed by atoms with E-state index < -0.39 is 9.62 Å². The summed E-state index contributed by atoms with van der Waals surface area (Å²) < 4.78 is -1.13. The Hall–Kier alpha value is -0.0500. The second-order valence-electron chi connectivity index (χ2n) is 1.50. The standard InChI is InChI=1S/C3HBrIN3O2/c4-3(8(9)10)6-1-2(5)7-3/h1H. The van der Waals surface area contributed by atoms with Gasteiger partial charge >= 0.3 is 4.70 Å². The van der Waals surface area contributed by atoms with E-state index in [0.717, 1.165) is 0 Å². The zero-order chi connectivity index (χ0) is 7.78. The van der Waals surface area contributed by atoms with Gasteiger partial charge in [0, 0.05) is 0 Å². The first kappa shape index (κ1) is 8.05. The van der Waals surface area contributed by atoms with Crippen molar-refractivity contribution in [2.24, 2.45) is 9.98 Å². The maximum atomic E-state index is 10.2. The minimum atomic E-state index is -1.65. The lowest BCUT2D eigenvalue weighted by Gasteiger charge is -2.02. The fraction of sp³-hybridized carbons (Fsp3) is 0.333. The van der Waals surface area contributed by atoms with Gasteiger partial charge in [0.1, 0.15) is 3.72 Å². The molecule has 0 fully saturated rings. The molecule has 0 N–H and O–H groups in total. The zero-order valence-electron chi connectivity index (χ0n) is 4.49. The fourth-order valence-electron chi connectivity index (χ4n) is 0.417. The lowest BCUT2D eigenvalue weighted by atomic mass is 10.8. The third-order valence-electron chi connectivity index (χ3n) is 0.817. The Morgan fingerprint density at radius 2 is 2.50 bits per heavy atom. The maximum Gasteiger partial charge on any atom is 0.469 e. The van der Waals surface area contributed by atoms with E-state index in [0.29, 0.717) is 3.72 Å². The van der Waals surface area contributed by atoms with Gasteiger partial charge in [0.05, 0.1) is 27.1 Å². The molecule has 0 bridgehead atoms. The van der Waals surface area contributed by atoms with Crippen LogP contribution in [0.5, 0.6) is 0 Å². The molecule has 1 unspecified atom stereocenters. The summed E-state index contributed by atoms with van der Waals surface area (Å²) in [6, 6.07) is 0. The number of hydrogen-bond donors (Lipinski definition) is 0. The van der Waals surface area contributed by atoms with Gasteiger partial charge < -0.3 is 0 Å². The van der Waals surface area contributed by atoms with E-state index in [2.05, 4.69) is 25.9 Å². The molecule has 1 heterocycles. The highest BCUT2D eigenvalue weighted by molar-refractivity contribution is 14.1. The van der Waals surface area contributed by atoms with Gasteiger partial charge in [-0.1, -0.05) is 0 Å². The highest BCUT2D eigenvalue weighted by Crippen LogP contribution is 2.26. The van der Waals surface area contributed by atoms with Crippen molar-refractivity contribution in [3.8, 4) is 0 Å². The van der Waals surface area contributed by atoms with Crippen molar-refractivity contribution in [3.63, 3.8) is 0 Å². The first-order valence-electron chi connectivity index (χ1n) is 2.18. The molecular formula is C3HBrIN3O2. The molecule has 10 heavy (non-hydrogen) atoms. The molecule has 0 aromatic heterocycles. The number of nitrogens with zero attached hydrogens (tertiary/aromatic N) is 3. The second-order valence-corrected chi connectivity index (χ2v) is 3.67. The quantitative estimate of drug-likeness (QED) is 0.240. The van der Waals surface area contributed by atoms with Gasteiger partial charge in [-0.05, 0) is 22.6 Å². The van der Waals surface area contributed by atoms with Crippen LogP contribution in [0.25, 0.3) is 0 Å².